The predicted octanol–water partition coefficient (Wildman–Crippen LogP) is 35.3. The minimum Gasteiger partial charge on any atom is -0.456 e. The van der Waals surface area contributed by atoms with Crippen molar-refractivity contribution < 1.29 is 8.83 Å². The number of hydrogen-bond acceptors (Lipinski definition) is 10. The fraction of sp³-hybridized carbons (Fsp3) is 0. The highest BCUT2D eigenvalue weighted by atomic mass is 32.1. The molecular weight excluding hydrogens is 1690 g/mol. The van der Waals surface area contributed by atoms with Crippen LogP contribution in [-0.2, 0) is 0 Å². The average molecular weight is 1770 g/mol. The highest BCUT2D eigenvalue weighted by Gasteiger charge is 2.30. The Kier molecular flexibility index (Phi) is 18.5. The van der Waals surface area contributed by atoms with E-state index in [0.29, 0.717) is 5.82 Å². The zero-order valence-electron chi connectivity index (χ0n) is 73.0. The van der Waals surface area contributed by atoms with E-state index in [2.05, 4.69) is 413 Å². The van der Waals surface area contributed by atoms with Gasteiger partial charge in [0.1, 0.15) is 22.3 Å². The minimum atomic E-state index is 0.690. The lowest BCUT2D eigenvalue weighted by molar-refractivity contribution is 0.669. The molecule has 0 aliphatic heterocycles. The number of thiophene rings is 2. The van der Waals surface area contributed by atoms with Crippen LogP contribution in [-0.4, -0.2) is 29.9 Å². The fourth-order valence-corrected chi connectivity index (χ4v) is 23.6. The van der Waals surface area contributed by atoms with Crippen LogP contribution in [0.1, 0.15) is 0 Å². The summed E-state index contributed by atoms with van der Waals surface area (Å²) in [7, 11) is 0. The molecule has 10 heteroatoms. The average Bonchev–Trinajstić information content (AvgIpc) is 1.21. The fourth-order valence-electron chi connectivity index (χ4n) is 21.0. The van der Waals surface area contributed by atoms with Crippen LogP contribution in [0.4, 0.5) is 0 Å². The summed E-state index contributed by atoms with van der Waals surface area (Å²) in [6, 6.07) is 158. The van der Waals surface area contributed by atoms with Crippen molar-refractivity contribution in [2.45, 2.75) is 0 Å². The van der Waals surface area contributed by atoms with Gasteiger partial charge in [-0.3, -0.25) is 0 Å². The lowest BCUT2D eigenvalue weighted by Gasteiger charge is -2.17. The molecule has 7 aromatic heterocycles. The number of fused-ring (bicyclic) bond motifs is 24. The first-order valence-corrected chi connectivity index (χ1v) is 47.5. The Bertz CT molecular complexity index is 9950. The third-order valence-corrected chi connectivity index (χ3v) is 29.4. The summed E-state index contributed by atoms with van der Waals surface area (Å²) in [6.45, 7) is 0. The van der Waals surface area contributed by atoms with Crippen molar-refractivity contribution in [3.8, 4) is 101 Å². The van der Waals surface area contributed by atoms with Crippen molar-refractivity contribution in [2.75, 3.05) is 0 Å². The monoisotopic (exact) mass is 1770 g/mol. The van der Waals surface area contributed by atoms with E-state index >= 15 is 0 Å². The van der Waals surface area contributed by atoms with Gasteiger partial charge < -0.3 is 8.83 Å². The van der Waals surface area contributed by atoms with E-state index in [1.165, 1.54) is 84.1 Å². The van der Waals surface area contributed by atoms with Crippen molar-refractivity contribution in [3.63, 3.8) is 0 Å². The van der Waals surface area contributed by atoms with Crippen LogP contribution in [0.25, 0.3) is 283 Å². The van der Waals surface area contributed by atoms with Crippen molar-refractivity contribution >= 4 is 204 Å². The van der Waals surface area contributed by atoms with Crippen LogP contribution >= 0.6 is 22.7 Å². The summed E-state index contributed by atoms with van der Waals surface area (Å²) < 4.78 is 18.2. The maximum atomic E-state index is 6.73. The zero-order valence-corrected chi connectivity index (χ0v) is 74.7. The highest BCUT2D eigenvalue weighted by molar-refractivity contribution is 7.27. The van der Waals surface area contributed by atoms with Gasteiger partial charge >= 0.3 is 0 Å². The van der Waals surface area contributed by atoms with E-state index in [1.807, 2.05) is 59.1 Å². The van der Waals surface area contributed by atoms with Gasteiger partial charge in [0.25, 0.3) is 0 Å². The second-order valence-electron chi connectivity index (χ2n) is 34.7. The van der Waals surface area contributed by atoms with Gasteiger partial charge in [-0.1, -0.05) is 394 Å². The summed E-state index contributed by atoms with van der Waals surface area (Å²) >= 11 is 3.71. The molecule has 0 aliphatic carbocycles. The molecule has 632 valence electrons. The van der Waals surface area contributed by atoms with Gasteiger partial charge in [-0.15, -0.1) is 22.7 Å². The highest BCUT2D eigenvalue weighted by Crippen LogP contribution is 2.55. The summed E-state index contributed by atoms with van der Waals surface area (Å²) in [6.07, 6.45) is 0. The molecule has 0 bridgehead atoms. The molecule has 0 aliphatic rings. The van der Waals surface area contributed by atoms with Gasteiger partial charge in [-0.25, -0.2) is 29.9 Å². The van der Waals surface area contributed by atoms with Crippen LogP contribution < -0.4 is 0 Å². The van der Waals surface area contributed by atoms with Crippen LogP contribution in [0.2, 0.25) is 0 Å². The Morgan fingerprint density at radius 1 is 0.176 bits per heavy atom. The molecule has 29 aromatic rings. The lowest BCUT2D eigenvalue weighted by atomic mass is 9.90. The Labute approximate surface area is 787 Å². The second kappa shape index (κ2) is 32.2. The smallest absolute Gasteiger partial charge is 0.161 e. The standard InChI is InChI=1S/C46H26N2OS.C40H24N2O.C40H24N2S/c1-2-13-28(14-3-1)40-33-17-6-7-18-34(33)43(42-35-19-9-11-21-39(35)50-45(40)42)46-47-36-25-23-27-12-4-5-15-30(27)41(36)44(48-46)29-22-24-32-31-16-8-10-20-37(31)49-38(32)26-29;1-3-14-26(15-4-1)34-29-19-9-10-20-30(29)36(35-31-21-11-12-22-33(31)43-39(34)35)40-41-37(27-16-5-2-6-17-27)32-24-23-25-13-7-8-18-28(25)38(32)42-40;1-3-14-26(15-4-1)34-29-19-9-10-20-30(29)37(36-31-21-11-12-22-33(31)43-39(34)36)40-41-32-24-23-25-13-7-8-18-28(25)35(32)38(42-40)27-16-5-2-6-17-27/h1-26H;2*1-24H. The quantitative estimate of drug-likeness (QED) is 0.132. The summed E-state index contributed by atoms with van der Waals surface area (Å²) in [5, 5.41) is 26.2. The molecular formula is C126H74N6O2S2. The molecule has 8 nitrogen and oxygen atoms in total. The number of benzene rings is 22. The number of para-hydroxylation sites is 2. The zero-order chi connectivity index (χ0) is 89.4. The molecule has 0 atom stereocenters. The van der Waals surface area contributed by atoms with Crippen LogP contribution in [0.15, 0.2) is 458 Å². The first kappa shape index (κ1) is 78.3. The van der Waals surface area contributed by atoms with E-state index in [4.69, 9.17) is 38.7 Å². The predicted molar refractivity (Wildman–Crippen MR) is 573 cm³/mol. The minimum absolute atomic E-state index is 0.690. The molecule has 0 saturated carbocycles. The first-order chi connectivity index (χ1) is 67.5. The maximum absolute atomic E-state index is 6.73. The van der Waals surface area contributed by atoms with Gasteiger partial charge in [0.2, 0.25) is 0 Å². The summed E-state index contributed by atoms with van der Waals surface area (Å²) in [4.78, 5) is 32.7. The van der Waals surface area contributed by atoms with E-state index in [-0.39, 0.29) is 0 Å². The van der Waals surface area contributed by atoms with Crippen LogP contribution in [0.5, 0.6) is 0 Å². The number of nitrogens with zero attached hydrogens (tertiary/aromatic N) is 6. The molecule has 0 spiro atoms. The molecule has 0 amide bonds. The molecule has 29 rings (SSSR count). The molecule has 0 fully saturated rings. The first-order valence-electron chi connectivity index (χ1n) is 45.9. The van der Waals surface area contributed by atoms with E-state index in [1.54, 1.807) is 0 Å². The molecule has 136 heavy (non-hydrogen) atoms. The van der Waals surface area contributed by atoms with Crippen molar-refractivity contribution in [1.82, 2.24) is 29.9 Å². The van der Waals surface area contributed by atoms with Gasteiger partial charge in [-0.05, 0) is 131 Å². The number of aromatic nitrogens is 6. The van der Waals surface area contributed by atoms with E-state index in [9.17, 15) is 0 Å². The van der Waals surface area contributed by atoms with Gasteiger partial charge in [0, 0.05) is 134 Å². The number of furan rings is 2. The SMILES string of the molecule is c1ccc(-c2c3ccccc3c(-c3nc(-c4ccc5c(c4)oc4ccccc45)c4c(ccc5ccccc54)n3)c3c2sc2ccccc23)cc1.c1ccc(-c2c3ccccc3c(-c3nc(-c4ccccc4)c4c(ccc5ccccc54)n3)c3c2sc2ccccc23)cc1.c1ccc(-c2nc(-c3c4ccccc4c(-c4ccccc4)c4oc5ccccc5c34)nc3c2ccc2ccccc23)cc1. The van der Waals surface area contributed by atoms with Gasteiger partial charge in [0.05, 0.1) is 33.6 Å². The van der Waals surface area contributed by atoms with Crippen molar-refractivity contribution in [1.29, 1.82) is 0 Å². The van der Waals surface area contributed by atoms with Crippen LogP contribution in [0.3, 0.4) is 0 Å². The Morgan fingerprint density at radius 2 is 0.507 bits per heavy atom. The largest absolute Gasteiger partial charge is 0.456 e. The second-order valence-corrected chi connectivity index (χ2v) is 36.8. The maximum Gasteiger partial charge on any atom is 0.161 e. The van der Waals surface area contributed by atoms with Gasteiger partial charge in [0.15, 0.2) is 17.5 Å². The molecule has 0 N–H and O–H groups in total. The van der Waals surface area contributed by atoms with E-state index < -0.39 is 0 Å². The molecule has 22 aromatic carbocycles. The summed E-state index contributed by atoms with van der Waals surface area (Å²) in [5.41, 5.74) is 22.5. The Hall–Kier alpha value is -17.5. The normalized spacial score (nSPS) is 11.8. The van der Waals surface area contributed by atoms with Crippen LogP contribution in [0, 0.1) is 0 Å². The third-order valence-electron chi connectivity index (χ3n) is 27.0. The number of hydrogen-bond donors (Lipinski definition) is 0. The summed E-state index contributed by atoms with van der Waals surface area (Å²) in [5.74, 6) is 2.16. The lowest BCUT2D eigenvalue weighted by Crippen LogP contribution is -1.98. The topological polar surface area (TPSA) is 104 Å². The van der Waals surface area contributed by atoms with Gasteiger partial charge in [-0.2, -0.15) is 0 Å². The Balaban J connectivity index is 0.000000104. The van der Waals surface area contributed by atoms with Crippen molar-refractivity contribution in [2.24, 2.45) is 0 Å². The molecule has 0 radical (unpaired) electrons. The Morgan fingerprint density at radius 3 is 1.01 bits per heavy atom. The van der Waals surface area contributed by atoms with E-state index in [0.717, 1.165) is 193 Å². The van der Waals surface area contributed by atoms with Crippen molar-refractivity contribution in [3.05, 3.63) is 449 Å². The number of rotatable bonds is 9. The molecule has 0 saturated heterocycles. The molecule has 0 unspecified atom stereocenters. The third kappa shape index (κ3) is 12.8. The molecule has 7 heterocycles.